The zero-order valence-electron chi connectivity index (χ0n) is 10.9. The summed E-state index contributed by atoms with van der Waals surface area (Å²) in [7, 11) is 0. The van der Waals surface area contributed by atoms with Gasteiger partial charge in [0.15, 0.2) is 15.5 Å². The molecule has 0 saturated carbocycles. The first-order valence-corrected chi connectivity index (χ1v) is 7.32. The molecule has 0 atom stereocenters. The monoisotopic (exact) mass is 384 g/mol. The van der Waals surface area contributed by atoms with Crippen LogP contribution >= 0.6 is 22.6 Å². The molecule has 0 fully saturated rings. The summed E-state index contributed by atoms with van der Waals surface area (Å²) in [5.41, 5.74) is 2.34. The predicted molar refractivity (Wildman–Crippen MR) is 88.1 cm³/mol. The fourth-order valence-corrected chi connectivity index (χ4v) is 2.38. The summed E-state index contributed by atoms with van der Waals surface area (Å²) in [6.45, 7) is 0. The van der Waals surface area contributed by atoms with Gasteiger partial charge >= 0.3 is 0 Å². The SMILES string of the molecule is N#Cc1cccc(-c2nc(I)nc(-c3ccccc3)n2)c1. The fraction of sp³-hybridized carbons (Fsp3) is 0. The highest BCUT2D eigenvalue weighted by Crippen LogP contribution is 2.21. The number of benzene rings is 2. The van der Waals surface area contributed by atoms with Gasteiger partial charge in [0.2, 0.25) is 0 Å². The molecule has 3 rings (SSSR count). The Balaban J connectivity index is 2.12. The minimum absolute atomic E-state index is 0.574. The van der Waals surface area contributed by atoms with Gasteiger partial charge in [-0.25, -0.2) is 15.0 Å². The zero-order valence-corrected chi connectivity index (χ0v) is 13.0. The lowest BCUT2D eigenvalue weighted by Gasteiger charge is -2.05. The van der Waals surface area contributed by atoms with E-state index in [1.54, 1.807) is 12.1 Å². The lowest BCUT2D eigenvalue weighted by Crippen LogP contribution is -1.99. The van der Waals surface area contributed by atoms with Crippen molar-refractivity contribution in [3.8, 4) is 28.8 Å². The molecular formula is C16H9IN4. The van der Waals surface area contributed by atoms with Crippen molar-refractivity contribution < 1.29 is 0 Å². The second-order valence-electron chi connectivity index (χ2n) is 4.31. The van der Waals surface area contributed by atoms with Crippen molar-refractivity contribution in [2.45, 2.75) is 0 Å². The molecule has 1 heterocycles. The van der Waals surface area contributed by atoms with Crippen LogP contribution in [0.2, 0.25) is 0 Å². The van der Waals surface area contributed by atoms with Crippen LogP contribution in [-0.4, -0.2) is 15.0 Å². The van der Waals surface area contributed by atoms with Gasteiger partial charge in [0.05, 0.1) is 11.6 Å². The molecule has 0 bridgehead atoms. The Labute approximate surface area is 135 Å². The molecule has 0 unspecified atom stereocenters. The van der Waals surface area contributed by atoms with E-state index in [-0.39, 0.29) is 0 Å². The number of nitriles is 1. The summed E-state index contributed by atoms with van der Waals surface area (Å²) in [6, 6.07) is 19.1. The van der Waals surface area contributed by atoms with E-state index in [2.05, 4.69) is 43.6 Å². The van der Waals surface area contributed by atoms with Crippen molar-refractivity contribution >= 4 is 22.6 Å². The van der Waals surface area contributed by atoms with E-state index in [1.807, 2.05) is 42.5 Å². The minimum atomic E-state index is 0.574. The van der Waals surface area contributed by atoms with Crippen molar-refractivity contribution in [1.82, 2.24) is 15.0 Å². The molecular weight excluding hydrogens is 375 g/mol. The molecule has 2 aromatic carbocycles. The molecule has 3 aromatic rings. The lowest BCUT2D eigenvalue weighted by molar-refractivity contribution is 1.02. The summed E-state index contributed by atoms with van der Waals surface area (Å²) < 4.78 is 0.624. The third kappa shape index (κ3) is 3.06. The Hall–Kier alpha value is -2.33. The van der Waals surface area contributed by atoms with Gasteiger partial charge < -0.3 is 0 Å². The van der Waals surface area contributed by atoms with Crippen LogP contribution in [0.15, 0.2) is 54.6 Å². The molecule has 0 spiro atoms. The Morgan fingerprint density at radius 2 is 1.48 bits per heavy atom. The van der Waals surface area contributed by atoms with Crippen molar-refractivity contribution in [2.75, 3.05) is 0 Å². The number of rotatable bonds is 2. The smallest absolute Gasteiger partial charge is 0.194 e. The lowest BCUT2D eigenvalue weighted by atomic mass is 10.1. The average Bonchev–Trinajstić information content (AvgIpc) is 2.55. The second kappa shape index (κ2) is 5.97. The first kappa shape index (κ1) is 13.6. The normalized spacial score (nSPS) is 10.1. The first-order chi connectivity index (χ1) is 10.3. The number of hydrogen-bond acceptors (Lipinski definition) is 4. The number of hydrogen-bond donors (Lipinski definition) is 0. The van der Waals surface area contributed by atoms with Crippen LogP contribution in [0, 0.1) is 15.2 Å². The molecule has 0 N–H and O–H groups in total. The highest BCUT2D eigenvalue weighted by Gasteiger charge is 2.09. The van der Waals surface area contributed by atoms with E-state index in [1.165, 1.54) is 0 Å². The van der Waals surface area contributed by atoms with Gasteiger partial charge in [-0.3, -0.25) is 0 Å². The summed E-state index contributed by atoms with van der Waals surface area (Å²) in [5, 5.41) is 8.99. The van der Waals surface area contributed by atoms with Gasteiger partial charge in [-0.1, -0.05) is 42.5 Å². The predicted octanol–water partition coefficient (Wildman–Crippen LogP) is 3.68. The second-order valence-corrected chi connectivity index (χ2v) is 5.28. The summed E-state index contributed by atoms with van der Waals surface area (Å²) in [4.78, 5) is 13.2. The van der Waals surface area contributed by atoms with Crippen molar-refractivity contribution in [2.24, 2.45) is 0 Å². The van der Waals surface area contributed by atoms with E-state index in [0.29, 0.717) is 21.0 Å². The standard InChI is InChI=1S/C16H9IN4/c17-16-20-14(12-6-2-1-3-7-12)19-15(21-16)13-8-4-5-11(9-13)10-18/h1-9H. The summed E-state index contributed by atoms with van der Waals surface area (Å²) >= 11 is 2.08. The van der Waals surface area contributed by atoms with Gasteiger partial charge in [-0.05, 0) is 12.1 Å². The Morgan fingerprint density at radius 1 is 0.810 bits per heavy atom. The molecule has 1 aromatic heterocycles. The maximum Gasteiger partial charge on any atom is 0.194 e. The van der Waals surface area contributed by atoms with Crippen LogP contribution < -0.4 is 0 Å². The van der Waals surface area contributed by atoms with Gasteiger partial charge in [0.25, 0.3) is 0 Å². The quantitative estimate of drug-likeness (QED) is 0.633. The molecule has 0 amide bonds. The maximum absolute atomic E-state index is 8.99. The molecule has 0 radical (unpaired) electrons. The first-order valence-electron chi connectivity index (χ1n) is 6.24. The molecule has 0 aliphatic heterocycles. The van der Waals surface area contributed by atoms with Gasteiger partial charge in [-0.15, -0.1) is 0 Å². The third-order valence-electron chi connectivity index (χ3n) is 2.89. The fourth-order valence-electron chi connectivity index (χ4n) is 1.92. The number of nitrogens with zero attached hydrogens (tertiary/aromatic N) is 4. The zero-order chi connectivity index (χ0) is 14.7. The van der Waals surface area contributed by atoms with E-state index < -0.39 is 0 Å². The number of halogens is 1. The highest BCUT2D eigenvalue weighted by molar-refractivity contribution is 14.1. The Kier molecular flexibility index (Phi) is 3.88. The molecule has 4 nitrogen and oxygen atoms in total. The largest absolute Gasteiger partial charge is 0.208 e. The molecule has 0 aliphatic carbocycles. The van der Waals surface area contributed by atoms with Crippen molar-refractivity contribution in [3.63, 3.8) is 0 Å². The van der Waals surface area contributed by atoms with Crippen LogP contribution in [0.4, 0.5) is 0 Å². The molecule has 0 saturated heterocycles. The van der Waals surface area contributed by atoms with Gasteiger partial charge in [0, 0.05) is 33.7 Å². The molecule has 100 valence electrons. The van der Waals surface area contributed by atoms with Crippen LogP contribution in [0.3, 0.4) is 0 Å². The Bertz CT molecular complexity index is 825. The van der Waals surface area contributed by atoms with Crippen LogP contribution in [0.5, 0.6) is 0 Å². The van der Waals surface area contributed by atoms with Gasteiger partial charge in [-0.2, -0.15) is 5.26 Å². The van der Waals surface area contributed by atoms with E-state index in [0.717, 1.165) is 11.1 Å². The Morgan fingerprint density at radius 3 is 2.19 bits per heavy atom. The van der Waals surface area contributed by atoms with Crippen molar-refractivity contribution in [3.05, 3.63) is 64.0 Å². The van der Waals surface area contributed by atoms with Crippen molar-refractivity contribution in [1.29, 1.82) is 5.26 Å². The molecule has 21 heavy (non-hydrogen) atoms. The molecule has 0 aliphatic rings. The number of aromatic nitrogens is 3. The minimum Gasteiger partial charge on any atom is -0.208 e. The summed E-state index contributed by atoms with van der Waals surface area (Å²) in [5.74, 6) is 1.21. The van der Waals surface area contributed by atoms with Crippen LogP contribution in [0.1, 0.15) is 5.56 Å². The third-order valence-corrected chi connectivity index (χ3v) is 3.37. The average molecular weight is 384 g/mol. The van der Waals surface area contributed by atoms with E-state index in [9.17, 15) is 0 Å². The van der Waals surface area contributed by atoms with E-state index in [4.69, 9.17) is 5.26 Å². The summed E-state index contributed by atoms with van der Waals surface area (Å²) in [6.07, 6.45) is 0. The topological polar surface area (TPSA) is 62.5 Å². The van der Waals surface area contributed by atoms with Gasteiger partial charge in [0.1, 0.15) is 0 Å². The molecule has 5 heteroatoms. The van der Waals surface area contributed by atoms with Crippen LogP contribution in [0.25, 0.3) is 22.8 Å². The van der Waals surface area contributed by atoms with Crippen LogP contribution in [-0.2, 0) is 0 Å². The maximum atomic E-state index is 8.99. The highest BCUT2D eigenvalue weighted by atomic mass is 127. The van der Waals surface area contributed by atoms with E-state index >= 15 is 0 Å².